The maximum atomic E-state index is 13.4. The molecule has 2 saturated heterocycles. The Bertz CT molecular complexity index is 819. The molecular weight excluding hydrogens is 402 g/mol. The average molecular weight is 440 g/mol. The number of hydrazine groups is 1. The van der Waals surface area contributed by atoms with Crippen LogP contribution in [-0.2, 0) is 16.1 Å². The number of hydrogen-bond donors (Lipinski definition) is 1. The predicted octanol–water partition coefficient (Wildman–Crippen LogP) is 1.97. The number of carbonyl (C=O) groups excluding carboxylic acids is 2. The second-order valence-corrected chi connectivity index (χ2v) is 9.60. The van der Waals surface area contributed by atoms with Crippen LogP contribution in [0.15, 0.2) is 30.3 Å². The van der Waals surface area contributed by atoms with Gasteiger partial charge >= 0.3 is 0 Å². The van der Waals surface area contributed by atoms with E-state index in [0.717, 1.165) is 0 Å². The minimum absolute atomic E-state index is 0.0206. The van der Waals surface area contributed by atoms with Gasteiger partial charge in [-0.3, -0.25) is 14.9 Å². The number of piperazine rings is 1. The van der Waals surface area contributed by atoms with Crippen LogP contribution < -0.4 is 5.32 Å². The molecular formula is C25H37N5O2. The predicted molar refractivity (Wildman–Crippen MR) is 126 cm³/mol. The van der Waals surface area contributed by atoms with Crippen molar-refractivity contribution in [1.82, 2.24) is 25.1 Å². The third-order valence-electron chi connectivity index (χ3n) is 5.95. The third kappa shape index (κ3) is 5.69. The number of carbonyl (C=O) groups is 2. The fraction of sp³-hybridized carbons (Fsp3) is 0.600. The first-order valence-electron chi connectivity index (χ1n) is 11.6. The van der Waals surface area contributed by atoms with Gasteiger partial charge in [0.25, 0.3) is 0 Å². The number of nitrogens with one attached hydrogen (secondary N) is 1. The number of terminal acetylenes is 1. The van der Waals surface area contributed by atoms with Crippen molar-refractivity contribution < 1.29 is 9.59 Å². The molecule has 2 atom stereocenters. The Morgan fingerprint density at radius 1 is 1.12 bits per heavy atom. The number of benzene rings is 1. The van der Waals surface area contributed by atoms with E-state index in [9.17, 15) is 9.59 Å². The minimum atomic E-state index is -0.426. The van der Waals surface area contributed by atoms with Gasteiger partial charge in [-0.05, 0) is 23.8 Å². The molecule has 32 heavy (non-hydrogen) atoms. The molecule has 2 heterocycles. The molecule has 2 aliphatic heterocycles. The van der Waals surface area contributed by atoms with E-state index in [-0.39, 0.29) is 24.5 Å². The van der Waals surface area contributed by atoms with Gasteiger partial charge in [-0.25, -0.2) is 10.0 Å². The molecule has 7 heteroatoms. The molecule has 0 aliphatic carbocycles. The summed E-state index contributed by atoms with van der Waals surface area (Å²) >= 11 is 0. The summed E-state index contributed by atoms with van der Waals surface area (Å²) in [5.41, 5.74) is 1.19. The highest BCUT2D eigenvalue weighted by atomic mass is 16.2. The van der Waals surface area contributed by atoms with Crippen molar-refractivity contribution in [2.45, 2.75) is 52.9 Å². The van der Waals surface area contributed by atoms with Gasteiger partial charge in [0.2, 0.25) is 11.8 Å². The first-order chi connectivity index (χ1) is 15.3. The van der Waals surface area contributed by atoms with E-state index in [4.69, 9.17) is 6.42 Å². The highest BCUT2D eigenvalue weighted by molar-refractivity contribution is 5.90. The van der Waals surface area contributed by atoms with Crippen molar-refractivity contribution in [2.75, 3.05) is 32.8 Å². The topological polar surface area (TPSA) is 59.1 Å². The van der Waals surface area contributed by atoms with E-state index in [1.54, 1.807) is 0 Å². The molecule has 1 N–H and O–H groups in total. The van der Waals surface area contributed by atoms with E-state index < -0.39 is 6.04 Å². The zero-order chi connectivity index (χ0) is 23.3. The van der Waals surface area contributed by atoms with E-state index >= 15 is 0 Å². The molecule has 0 unspecified atom stereocenters. The Hall–Kier alpha value is -2.40. The monoisotopic (exact) mass is 439 g/mol. The normalized spacial score (nSPS) is 22.5. The van der Waals surface area contributed by atoms with E-state index in [1.807, 2.05) is 33.0 Å². The molecule has 7 nitrogen and oxygen atoms in total. The standard InChI is InChI=1S/C25H37N5O2/c1-6-12-28-17-24(31)30-22(13-19(2)3)25(32)27(15-20(4)5)16-23(30)29(28)18-26-14-21-10-8-7-9-11-21/h1,7-11,19-20,22-23,26H,12-18H2,2-5H3/t22-,23+/m0/s1. The summed E-state index contributed by atoms with van der Waals surface area (Å²) in [6.45, 7) is 11.4. The van der Waals surface area contributed by atoms with Crippen LogP contribution in [0, 0.1) is 24.2 Å². The molecule has 0 radical (unpaired) electrons. The molecule has 2 aliphatic rings. The molecule has 0 aromatic heterocycles. The van der Waals surface area contributed by atoms with Crippen LogP contribution in [0.2, 0.25) is 0 Å². The van der Waals surface area contributed by atoms with Gasteiger partial charge in [0.05, 0.1) is 26.3 Å². The fourth-order valence-corrected chi connectivity index (χ4v) is 4.64. The molecule has 1 aromatic rings. The highest BCUT2D eigenvalue weighted by Crippen LogP contribution is 2.29. The van der Waals surface area contributed by atoms with Gasteiger partial charge in [-0.2, -0.15) is 0 Å². The Kier molecular flexibility index (Phi) is 8.30. The van der Waals surface area contributed by atoms with Crippen LogP contribution in [0.3, 0.4) is 0 Å². The Morgan fingerprint density at radius 2 is 1.84 bits per heavy atom. The summed E-state index contributed by atoms with van der Waals surface area (Å²) in [5.74, 6) is 3.41. The average Bonchev–Trinajstić information content (AvgIpc) is 2.73. The molecule has 0 spiro atoms. The summed E-state index contributed by atoms with van der Waals surface area (Å²) in [7, 11) is 0. The van der Waals surface area contributed by atoms with E-state index in [0.29, 0.717) is 51.1 Å². The quantitative estimate of drug-likeness (QED) is 0.596. The Labute approximate surface area is 192 Å². The summed E-state index contributed by atoms with van der Waals surface area (Å²) < 4.78 is 0. The second kappa shape index (κ2) is 11.0. The zero-order valence-electron chi connectivity index (χ0n) is 19.8. The molecule has 3 rings (SSSR count). The minimum Gasteiger partial charge on any atom is -0.337 e. The van der Waals surface area contributed by atoms with Gasteiger partial charge in [-0.15, -0.1) is 6.42 Å². The van der Waals surface area contributed by atoms with Crippen molar-refractivity contribution in [3.05, 3.63) is 35.9 Å². The highest BCUT2D eigenvalue weighted by Gasteiger charge is 2.49. The van der Waals surface area contributed by atoms with Gasteiger partial charge in [0.15, 0.2) is 0 Å². The largest absolute Gasteiger partial charge is 0.337 e. The van der Waals surface area contributed by atoms with Crippen molar-refractivity contribution >= 4 is 11.8 Å². The molecule has 2 amide bonds. The maximum Gasteiger partial charge on any atom is 0.245 e. The first kappa shape index (κ1) is 24.2. The van der Waals surface area contributed by atoms with Crippen molar-refractivity contribution in [3.63, 3.8) is 0 Å². The summed E-state index contributed by atoms with van der Waals surface area (Å²) in [6, 6.07) is 9.79. The Balaban J connectivity index is 1.85. The third-order valence-corrected chi connectivity index (χ3v) is 5.95. The summed E-state index contributed by atoms with van der Waals surface area (Å²) in [5, 5.41) is 7.60. The zero-order valence-corrected chi connectivity index (χ0v) is 19.8. The van der Waals surface area contributed by atoms with Crippen LogP contribution in [0.1, 0.15) is 39.7 Å². The van der Waals surface area contributed by atoms with Crippen molar-refractivity contribution in [1.29, 1.82) is 0 Å². The second-order valence-electron chi connectivity index (χ2n) is 9.60. The van der Waals surface area contributed by atoms with Gasteiger partial charge in [0.1, 0.15) is 12.2 Å². The number of rotatable bonds is 9. The molecule has 1 aromatic carbocycles. The van der Waals surface area contributed by atoms with Crippen LogP contribution in [-0.4, -0.2) is 76.7 Å². The molecule has 0 saturated carbocycles. The van der Waals surface area contributed by atoms with Crippen LogP contribution in [0.5, 0.6) is 0 Å². The number of nitrogens with zero attached hydrogens (tertiary/aromatic N) is 4. The van der Waals surface area contributed by atoms with E-state index in [1.165, 1.54) is 5.56 Å². The molecule has 174 valence electrons. The van der Waals surface area contributed by atoms with Crippen molar-refractivity contribution in [2.24, 2.45) is 11.8 Å². The van der Waals surface area contributed by atoms with Gasteiger partial charge < -0.3 is 9.80 Å². The van der Waals surface area contributed by atoms with Gasteiger partial charge in [-0.1, -0.05) is 63.9 Å². The maximum absolute atomic E-state index is 13.4. The SMILES string of the molecule is C#CCN1CC(=O)N2[C@@H](CC(C)C)C(=O)N(CC(C)C)C[C@@H]2N1CNCc1ccccc1. The Morgan fingerprint density at radius 3 is 2.47 bits per heavy atom. The lowest BCUT2D eigenvalue weighted by molar-refractivity contribution is -0.203. The lowest BCUT2D eigenvalue weighted by Gasteiger charge is -2.55. The van der Waals surface area contributed by atoms with Crippen LogP contribution in [0.4, 0.5) is 0 Å². The molecule has 2 fully saturated rings. The smallest absolute Gasteiger partial charge is 0.245 e. The lowest BCUT2D eigenvalue weighted by Crippen LogP contribution is -2.75. The number of amides is 2. The number of fused-ring (bicyclic) bond motifs is 1. The number of hydrogen-bond acceptors (Lipinski definition) is 5. The van der Waals surface area contributed by atoms with Crippen LogP contribution in [0.25, 0.3) is 0 Å². The van der Waals surface area contributed by atoms with Gasteiger partial charge in [0, 0.05) is 13.1 Å². The van der Waals surface area contributed by atoms with Crippen molar-refractivity contribution in [3.8, 4) is 12.3 Å². The first-order valence-corrected chi connectivity index (χ1v) is 11.6. The van der Waals surface area contributed by atoms with Crippen LogP contribution >= 0.6 is 0 Å². The molecule has 0 bridgehead atoms. The fourth-order valence-electron chi connectivity index (χ4n) is 4.64. The van der Waals surface area contributed by atoms with E-state index in [2.05, 4.69) is 56.1 Å². The lowest BCUT2D eigenvalue weighted by atomic mass is 9.96. The summed E-state index contributed by atoms with van der Waals surface area (Å²) in [4.78, 5) is 30.4. The summed E-state index contributed by atoms with van der Waals surface area (Å²) in [6.07, 6.45) is 6.07.